The van der Waals surface area contributed by atoms with Gasteiger partial charge >= 0.3 is 0 Å². The van der Waals surface area contributed by atoms with Gasteiger partial charge in [-0.2, -0.15) is 5.10 Å². The molecular formula is C28H28N8. The molecule has 7 rings (SSSR count). The number of piperazine rings is 1. The predicted molar refractivity (Wildman–Crippen MR) is 145 cm³/mol. The molecule has 1 fully saturated rings. The first-order chi connectivity index (χ1) is 17.6. The van der Waals surface area contributed by atoms with E-state index in [4.69, 9.17) is 9.97 Å². The minimum absolute atomic E-state index is 0.599. The SMILES string of the molecule is CC(C)N1CCN(c2ccc3nc(-c4cccc5c(-c6nc7ccccc7[nH]6)[nH]nc45)[nH]c3c2)CC1. The second-order valence-corrected chi connectivity index (χ2v) is 9.81. The van der Waals surface area contributed by atoms with E-state index in [0.29, 0.717) is 6.04 Å². The number of hydrogen-bond donors (Lipinski definition) is 3. The van der Waals surface area contributed by atoms with Crippen molar-refractivity contribution < 1.29 is 0 Å². The molecule has 0 bridgehead atoms. The van der Waals surface area contributed by atoms with Crippen LogP contribution in [-0.2, 0) is 0 Å². The van der Waals surface area contributed by atoms with Gasteiger partial charge in [-0.1, -0.05) is 24.3 Å². The van der Waals surface area contributed by atoms with E-state index < -0.39 is 0 Å². The van der Waals surface area contributed by atoms with E-state index in [0.717, 1.165) is 82.1 Å². The highest BCUT2D eigenvalue weighted by Crippen LogP contribution is 2.33. The number of anilines is 1. The number of benzene rings is 3. The molecule has 8 heteroatoms. The normalized spacial score (nSPS) is 15.1. The second-order valence-electron chi connectivity index (χ2n) is 9.81. The van der Waals surface area contributed by atoms with Crippen molar-refractivity contribution in [1.29, 1.82) is 0 Å². The van der Waals surface area contributed by atoms with Crippen molar-refractivity contribution in [3.8, 4) is 22.9 Å². The fourth-order valence-corrected chi connectivity index (χ4v) is 5.30. The average molecular weight is 477 g/mol. The monoisotopic (exact) mass is 476 g/mol. The largest absolute Gasteiger partial charge is 0.369 e. The van der Waals surface area contributed by atoms with Crippen molar-refractivity contribution in [3.63, 3.8) is 0 Å². The number of hydrogen-bond acceptors (Lipinski definition) is 5. The summed E-state index contributed by atoms with van der Waals surface area (Å²) in [6.07, 6.45) is 0. The number of nitrogens with zero attached hydrogens (tertiary/aromatic N) is 5. The van der Waals surface area contributed by atoms with Crippen molar-refractivity contribution in [2.45, 2.75) is 19.9 Å². The zero-order chi connectivity index (χ0) is 24.2. The van der Waals surface area contributed by atoms with Crippen LogP contribution in [0.5, 0.6) is 0 Å². The summed E-state index contributed by atoms with van der Waals surface area (Å²) < 4.78 is 0. The second kappa shape index (κ2) is 8.20. The fourth-order valence-electron chi connectivity index (χ4n) is 5.30. The first kappa shape index (κ1) is 21.1. The topological polar surface area (TPSA) is 92.5 Å². The van der Waals surface area contributed by atoms with Crippen molar-refractivity contribution in [3.05, 3.63) is 60.7 Å². The molecule has 1 saturated heterocycles. The quantitative estimate of drug-likeness (QED) is 0.326. The molecule has 3 aromatic carbocycles. The Bertz CT molecular complexity index is 1660. The number of aromatic amines is 3. The number of rotatable bonds is 4. The van der Waals surface area contributed by atoms with E-state index in [1.54, 1.807) is 0 Å². The lowest BCUT2D eigenvalue weighted by atomic mass is 10.1. The van der Waals surface area contributed by atoms with E-state index in [2.05, 4.69) is 74.1 Å². The highest BCUT2D eigenvalue weighted by molar-refractivity contribution is 6.01. The first-order valence-corrected chi connectivity index (χ1v) is 12.6. The maximum atomic E-state index is 4.91. The lowest BCUT2D eigenvalue weighted by molar-refractivity contribution is 0.209. The molecule has 0 unspecified atom stereocenters. The molecule has 6 aromatic rings. The standard InChI is InChI=1S/C28H28N8/c1-17(2)35-12-14-36(15-13-35)18-10-11-23-24(16-18)32-27(29-23)20-7-5-6-19-25(20)33-34-26(19)28-30-21-8-3-4-9-22(21)31-28/h3-11,16-17H,12-15H2,1-2H3,(H,29,32)(H,30,31)(H,33,34). The Hall–Kier alpha value is -4.17. The molecule has 8 nitrogen and oxygen atoms in total. The third-order valence-corrected chi connectivity index (χ3v) is 7.34. The van der Waals surface area contributed by atoms with Crippen LogP contribution >= 0.6 is 0 Å². The van der Waals surface area contributed by atoms with Gasteiger partial charge in [-0.15, -0.1) is 0 Å². The number of aromatic nitrogens is 6. The third-order valence-electron chi connectivity index (χ3n) is 7.34. The van der Waals surface area contributed by atoms with Crippen LogP contribution in [0.15, 0.2) is 60.7 Å². The molecule has 180 valence electrons. The van der Waals surface area contributed by atoms with Crippen LogP contribution in [0.2, 0.25) is 0 Å². The summed E-state index contributed by atoms with van der Waals surface area (Å²) in [5.74, 6) is 1.60. The zero-order valence-corrected chi connectivity index (χ0v) is 20.4. The molecule has 1 aliphatic heterocycles. The molecule has 3 N–H and O–H groups in total. The Morgan fingerprint density at radius 2 is 1.56 bits per heavy atom. The van der Waals surface area contributed by atoms with Crippen LogP contribution in [0.4, 0.5) is 5.69 Å². The summed E-state index contributed by atoms with van der Waals surface area (Å²) in [4.78, 5) is 21.6. The van der Waals surface area contributed by atoms with Gasteiger partial charge in [-0.25, -0.2) is 9.97 Å². The van der Waals surface area contributed by atoms with Gasteiger partial charge in [0.25, 0.3) is 0 Å². The highest BCUT2D eigenvalue weighted by Gasteiger charge is 2.20. The number of imidazole rings is 2. The smallest absolute Gasteiger partial charge is 0.157 e. The lowest BCUT2D eigenvalue weighted by Gasteiger charge is -2.38. The van der Waals surface area contributed by atoms with Gasteiger partial charge in [0.15, 0.2) is 5.82 Å². The van der Waals surface area contributed by atoms with Gasteiger partial charge in [0.2, 0.25) is 0 Å². The molecule has 0 radical (unpaired) electrons. The van der Waals surface area contributed by atoms with Crippen molar-refractivity contribution in [2.75, 3.05) is 31.1 Å². The summed E-state index contributed by atoms with van der Waals surface area (Å²) in [5, 5.41) is 8.88. The van der Waals surface area contributed by atoms with Gasteiger partial charge < -0.3 is 14.9 Å². The fraction of sp³-hybridized carbons (Fsp3) is 0.250. The molecule has 0 atom stereocenters. The van der Waals surface area contributed by atoms with Crippen LogP contribution < -0.4 is 4.90 Å². The molecule has 1 aliphatic rings. The van der Waals surface area contributed by atoms with E-state index in [1.165, 1.54) is 5.69 Å². The molecular weight excluding hydrogens is 448 g/mol. The van der Waals surface area contributed by atoms with E-state index in [-0.39, 0.29) is 0 Å². The Labute approximate surface area is 208 Å². The van der Waals surface area contributed by atoms with Crippen LogP contribution in [-0.4, -0.2) is 67.3 Å². The third kappa shape index (κ3) is 3.45. The van der Waals surface area contributed by atoms with Crippen LogP contribution in [0.3, 0.4) is 0 Å². The first-order valence-electron chi connectivity index (χ1n) is 12.6. The van der Waals surface area contributed by atoms with Gasteiger partial charge in [-0.05, 0) is 50.2 Å². The lowest BCUT2D eigenvalue weighted by Crippen LogP contribution is -2.48. The van der Waals surface area contributed by atoms with Crippen LogP contribution in [0.25, 0.3) is 55.9 Å². The number of nitrogens with one attached hydrogen (secondary N) is 3. The van der Waals surface area contributed by atoms with Gasteiger partial charge in [0, 0.05) is 48.9 Å². The average Bonchev–Trinajstić information content (AvgIpc) is 3.64. The van der Waals surface area contributed by atoms with Gasteiger partial charge in [0.1, 0.15) is 17.0 Å². The van der Waals surface area contributed by atoms with Gasteiger partial charge in [-0.3, -0.25) is 10.00 Å². The van der Waals surface area contributed by atoms with Crippen molar-refractivity contribution >= 4 is 38.7 Å². The number of fused-ring (bicyclic) bond motifs is 3. The van der Waals surface area contributed by atoms with Crippen LogP contribution in [0.1, 0.15) is 13.8 Å². The molecule has 0 amide bonds. The van der Waals surface area contributed by atoms with E-state index in [9.17, 15) is 0 Å². The minimum atomic E-state index is 0.599. The zero-order valence-electron chi connectivity index (χ0n) is 20.4. The van der Waals surface area contributed by atoms with Crippen molar-refractivity contribution in [2.24, 2.45) is 0 Å². The summed E-state index contributed by atoms with van der Waals surface area (Å²) in [7, 11) is 0. The Kier molecular flexibility index (Phi) is 4.82. The molecule has 3 aromatic heterocycles. The summed E-state index contributed by atoms with van der Waals surface area (Å²) in [5.41, 5.74) is 7.90. The summed E-state index contributed by atoms with van der Waals surface area (Å²) in [6.45, 7) is 8.82. The van der Waals surface area contributed by atoms with E-state index >= 15 is 0 Å². The molecule has 0 saturated carbocycles. The van der Waals surface area contributed by atoms with E-state index in [1.807, 2.05) is 30.3 Å². The van der Waals surface area contributed by atoms with Crippen LogP contribution in [0, 0.1) is 0 Å². The minimum Gasteiger partial charge on any atom is -0.369 e. The highest BCUT2D eigenvalue weighted by atomic mass is 15.3. The summed E-state index contributed by atoms with van der Waals surface area (Å²) in [6, 6.07) is 21.3. The van der Waals surface area contributed by atoms with Gasteiger partial charge in [0.05, 0.1) is 22.1 Å². The molecule has 36 heavy (non-hydrogen) atoms. The number of para-hydroxylation sites is 3. The Balaban J connectivity index is 1.23. The maximum absolute atomic E-state index is 4.91. The summed E-state index contributed by atoms with van der Waals surface area (Å²) >= 11 is 0. The molecule has 0 aliphatic carbocycles. The number of H-pyrrole nitrogens is 3. The predicted octanol–water partition coefficient (Wildman–Crippen LogP) is 5.18. The van der Waals surface area contributed by atoms with Crippen molar-refractivity contribution in [1.82, 2.24) is 35.0 Å². The Morgan fingerprint density at radius 1 is 0.778 bits per heavy atom. The maximum Gasteiger partial charge on any atom is 0.157 e. The molecule has 0 spiro atoms. The molecule has 4 heterocycles. The Morgan fingerprint density at radius 3 is 2.39 bits per heavy atom.